The Hall–Kier alpha value is -0.820. The molecule has 0 radical (unpaired) electrons. The van der Waals surface area contributed by atoms with Crippen molar-refractivity contribution in [3.63, 3.8) is 0 Å². The fourth-order valence-corrected chi connectivity index (χ4v) is 2.79. The van der Waals surface area contributed by atoms with Crippen molar-refractivity contribution in [3.05, 3.63) is 35.4 Å². The molecule has 0 spiro atoms. The molecule has 1 aliphatic rings. The third kappa shape index (κ3) is 2.30. The van der Waals surface area contributed by atoms with Crippen molar-refractivity contribution in [2.24, 2.45) is 0 Å². The van der Waals surface area contributed by atoms with Gasteiger partial charge >= 0.3 is 0 Å². The second-order valence-electron chi connectivity index (χ2n) is 5.94. The van der Waals surface area contributed by atoms with Crippen LogP contribution < -0.4 is 0 Å². The first kappa shape index (κ1) is 11.7. The van der Waals surface area contributed by atoms with E-state index < -0.39 is 0 Å². The number of likely N-dealkylation sites (tertiary alicyclic amines) is 1. The Morgan fingerprint density at radius 2 is 2.00 bits per heavy atom. The average molecular weight is 217 g/mol. The van der Waals surface area contributed by atoms with Crippen LogP contribution in [-0.4, -0.2) is 17.0 Å². The largest absolute Gasteiger partial charge is 0.291 e. The molecule has 88 valence electrons. The molecule has 1 fully saturated rings. The standard InChI is InChI=1S/C15H23N/c1-12-7-5-8-13(11-12)14-9-6-10-16(14)15(2,3)4/h5,7-8,11,14H,6,9-10H2,1-4H3. The highest BCUT2D eigenvalue weighted by molar-refractivity contribution is 5.26. The van der Waals surface area contributed by atoms with Gasteiger partial charge in [0, 0.05) is 11.6 Å². The maximum atomic E-state index is 2.64. The van der Waals surface area contributed by atoms with E-state index in [4.69, 9.17) is 0 Å². The van der Waals surface area contributed by atoms with Crippen molar-refractivity contribution in [1.82, 2.24) is 4.90 Å². The number of hydrogen-bond acceptors (Lipinski definition) is 1. The van der Waals surface area contributed by atoms with E-state index in [1.165, 1.54) is 30.5 Å². The lowest BCUT2D eigenvalue weighted by atomic mass is 9.98. The van der Waals surface area contributed by atoms with Gasteiger partial charge in [0.15, 0.2) is 0 Å². The van der Waals surface area contributed by atoms with Gasteiger partial charge in [0.05, 0.1) is 0 Å². The fraction of sp³-hybridized carbons (Fsp3) is 0.600. The molecule has 0 aliphatic carbocycles. The van der Waals surface area contributed by atoms with Crippen molar-refractivity contribution >= 4 is 0 Å². The fourth-order valence-electron chi connectivity index (χ4n) is 2.79. The normalized spacial score (nSPS) is 22.6. The van der Waals surface area contributed by atoms with Crippen LogP contribution in [0.15, 0.2) is 24.3 Å². The first-order valence-electron chi connectivity index (χ1n) is 6.32. The van der Waals surface area contributed by atoms with E-state index >= 15 is 0 Å². The van der Waals surface area contributed by atoms with Gasteiger partial charge in [0.1, 0.15) is 0 Å². The maximum absolute atomic E-state index is 2.64. The highest BCUT2D eigenvalue weighted by Gasteiger charge is 2.33. The highest BCUT2D eigenvalue weighted by Crippen LogP contribution is 2.37. The van der Waals surface area contributed by atoms with Gasteiger partial charge in [-0.3, -0.25) is 4.90 Å². The lowest BCUT2D eigenvalue weighted by Crippen LogP contribution is -2.40. The van der Waals surface area contributed by atoms with Gasteiger partial charge in [-0.2, -0.15) is 0 Å². The third-order valence-corrected chi connectivity index (χ3v) is 3.54. The average Bonchev–Trinajstić information content (AvgIpc) is 2.65. The van der Waals surface area contributed by atoms with Crippen LogP contribution in [0, 0.1) is 6.92 Å². The zero-order valence-electron chi connectivity index (χ0n) is 11.0. The second-order valence-corrected chi connectivity index (χ2v) is 5.94. The van der Waals surface area contributed by atoms with Crippen LogP contribution in [0.3, 0.4) is 0 Å². The highest BCUT2D eigenvalue weighted by atomic mass is 15.2. The van der Waals surface area contributed by atoms with Crippen molar-refractivity contribution in [2.45, 2.75) is 52.1 Å². The van der Waals surface area contributed by atoms with Gasteiger partial charge in [-0.25, -0.2) is 0 Å². The molecule has 1 nitrogen and oxygen atoms in total. The molecular weight excluding hydrogens is 194 g/mol. The summed E-state index contributed by atoms with van der Waals surface area (Å²) in [6.07, 6.45) is 2.64. The first-order valence-corrected chi connectivity index (χ1v) is 6.32. The number of nitrogens with zero attached hydrogens (tertiary/aromatic N) is 1. The molecule has 16 heavy (non-hydrogen) atoms. The summed E-state index contributed by atoms with van der Waals surface area (Å²) in [4.78, 5) is 2.64. The lowest BCUT2D eigenvalue weighted by Gasteiger charge is -2.37. The molecule has 1 saturated heterocycles. The number of rotatable bonds is 1. The van der Waals surface area contributed by atoms with Gasteiger partial charge < -0.3 is 0 Å². The van der Waals surface area contributed by atoms with E-state index in [1.54, 1.807) is 0 Å². The SMILES string of the molecule is Cc1cccc(C2CCCN2C(C)(C)C)c1. The zero-order valence-corrected chi connectivity index (χ0v) is 11.0. The summed E-state index contributed by atoms with van der Waals surface area (Å²) in [6, 6.07) is 9.61. The summed E-state index contributed by atoms with van der Waals surface area (Å²) in [6.45, 7) is 10.4. The molecule has 0 saturated carbocycles. The van der Waals surface area contributed by atoms with E-state index in [2.05, 4.69) is 56.9 Å². The molecule has 0 bridgehead atoms. The lowest BCUT2D eigenvalue weighted by molar-refractivity contribution is 0.121. The molecular formula is C15H23N. The molecule has 0 aromatic heterocycles. The van der Waals surface area contributed by atoms with Gasteiger partial charge in [-0.05, 0) is 52.6 Å². The minimum Gasteiger partial charge on any atom is -0.291 e. The minimum absolute atomic E-state index is 0.283. The van der Waals surface area contributed by atoms with Gasteiger partial charge in [-0.15, -0.1) is 0 Å². The molecule has 1 aliphatic heterocycles. The predicted molar refractivity (Wildman–Crippen MR) is 69.6 cm³/mol. The van der Waals surface area contributed by atoms with Crippen molar-refractivity contribution in [1.29, 1.82) is 0 Å². The topological polar surface area (TPSA) is 3.24 Å². The quantitative estimate of drug-likeness (QED) is 0.689. The van der Waals surface area contributed by atoms with Crippen molar-refractivity contribution in [3.8, 4) is 0 Å². The van der Waals surface area contributed by atoms with E-state index in [1.807, 2.05) is 0 Å². The molecule has 1 aromatic carbocycles. The van der Waals surface area contributed by atoms with E-state index in [-0.39, 0.29) is 5.54 Å². The van der Waals surface area contributed by atoms with Gasteiger partial charge in [0.25, 0.3) is 0 Å². The number of aryl methyl sites for hydroxylation is 1. The first-order chi connectivity index (χ1) is 7.48. The smallest absolute Gasteiger partial charge is 0.0353 e. The molecule has 1 heterocycles. The molecule has 0 N–H and O–H groups in total. The summed E-state index contributed by atoms with van der Waals surface area (Å²) < 4.78 is 0. The Morgan fingerprint density at radius 1 is 1.25 bits per heavy atom. The van der Waals surface area contributed by atoms with Crippen LogP contribution >= 0.6 is 0 Å². The molecule has 0 amide bonds. The number of benzene rings is 1. The summed E-state index contributed by atoms with van der Waals surface area (Å²) >= 11 is 0. The van der Waals surface area contributed by atoms with Crippen LogP contribution in [0.2, 0.25) is 0 Å². The molecule has 2 rings (SSSR count). The Bertz CT molecular complexity index is 362. The second kappa shape index (κ2) is 4.21. The minimum atomic E-state index is 0.283. The van der Waals surface area contributed by atoms with Crippen LogP contribution in [0.1, 0.15) is 50.8 Å². The Morgan fingerprint density at radius 3 is 2.62 bits per heavy atom. The van der Waals surface area contributed by atoms with E-state index in [0.717, 1.165) is 0 Å². The van der Waals surface area contributed by atoms with Crippen molar-refractivity contribution < 1.29 is 0 Å². The molecule has 1 unspecified atom stereocenters. The zero-order chi connectivity index (χ0) is 11.8. The van der Waals surface area contributed by atoms with Crippen LogP contribution in [0.5, 0.6) is 0 Å². The monoisotopic (exact) mass is 217 g/mol. The summed E-state index contributed by atoms with van der Waals surface area (Å²) in [5, 5.41) is 0. The predicted octanol–water partition coefficient (Wildman–Crippen LogP) is 3.93. The Balaban J connectivity index is 2.27. The van der Waals surface area contributed by atoms with Crippen molar-refractivity contribution in [2.75, 3.05) is 6.54 Å². The maximum Gasteiger partial charge on any atom is 0.0353 e. The third-order valence-electron chi connectivity index (χ3n) is 3.54. The van der Waals surface area contributed by atoms with E-state index in [0.29, 0.717) is 6.04 Å². The summed E-state index contributed by atoms with van der Waals surface area (Å²) in [7, 11) is 0. The summed E-state index contributed by atoms with van der Waals surface area (Å²) in [5.41, 5.74) is 3.15. The Kier molecular flexibility index (Phi) is 3.07. The van der Waals surface area contributed by atoms with Gasteiger partial charge in [-0.1, -0.05) is 29.8 Å². The van der Waals surface area contributed by atoms with Crippen LogP contribution in [-0.2, 0) is 0 Å². The van der Waals surface area contributed by atoms with Gasteiger partial charge in [0.2, 0.25) is 0 Å². The molecule has 1 heteroatoms. The number of hydrogen-bond donors (Lipinski definition) is 0. The molecule has 1 atom stereocenters. The van der Waals surface area contributed by atoms with Crippen LogP contribution in [0.25, 0.3) is 0 Å². The summed E-state index contributed by atoms with van der Waals surface area (Å²) in [5.74, 6) is 0. The van der Waals surface area contributed by atoms with E-state index in [9.17, 15) is 0 Å². The molecule has 1 aromatic rings. The van der Waals surface area contributed by atoms with Crippen LogP contribution in [0.4, 0.5) is 0 Å². The Labute approximate surface area is 99.5 Å².